The molecule has 2 heteroatoms. The lowest BCUT2D eigenvalue weighted by Gasteiger charge is -2.22. The first-order valence-electron chi connectivity index (χ1n) is 5.88. The molecule has 0 aliphatic rings. The van der Waals surface area contributed by atoms with Crippen LogP contribution in [0.25, 0.3) is 0 Å². The third-order valence-electron chi connectivity index (χ3n) is 2.64. The van der Waals surface area contributed by atoms with Crippen molar-refractivity contribution in [3.8, 4) is 0 Å². The first-order chi connectivity index (χ1) is 7.38. The topological polar surface area (TPSA) is 29.3 Å². The van der Waals surface area contributed by atoms with Gasteiger partial charge in [0.15, 0.2) is 0 Å². The van der Waals surface area contributed by atoms with Gasteiger partial charge in [-0.1, -0.05) is 24.6 Å². The van der Waals surface area contributed by atoms with E-state index in [0.29, 0.717) is 0 Å². The fourth-order valence-electron chi connectivity index (χ4n) is 1.73. The molecule has 0 atom stereocenters. The second kappa shape index (κ2) is 7.30. The number of rotatable bonds is 7. The van der Waals surface area contributed by atoms with Crippen molar-refractivity contribution in [3.05, 3.63) is 30.3 Å². The van der Waals surface area contributed by atoms with Gasteiger partial charge in [-0.2, -0.15) is 0 Å². The van der Waals surface area contributed by atoms with E-state index in [1.165, 1.54) is 18.5 Å². The molecule has 0 aromatic heterocycles. The minimum Gasteiger partial charge on any atom is -0.372 e. The first kappa shape index (κ1) is 12.1. The zero-order valence-corrected chi connectivity index (χ0v) is 9.65. The average Bonchev–Trinajstić information content (AvgIpc) is 2.30. The Morgan fingerprint density at radius 2 is 1.80 bits per heavy atom. The average molecular weight is 206 g/mol. The molecule has 1 aromatic rings. The van der Waals surface area contributed by atoms with Crippen LogP contribution in [0.5, 0.6) is 0 Å². The van der Waals surface area contributed by atoms with Gasteiger partial charge in [0, 0.05) is 18.8 Å². The third kappa shape index (κ3) is 4.34. The number of unbranched alkanes of at least 4 members (excludes halogenated alkanes) is 2. The van der Waals surface area contributed by atoms with Gasteiger partial charge in [-0.25, -0.2) is 0 Å². The summed E-state index contributed by atoms with van der Waals surface area (Å²) in [6.07, 6.45) is 3.62. The van der Waals surface area contributed by atoms with Crippen molar-refractivity contribution in [1.29, 1.82) is 0 Å². The molecule has 0 unspecified atom stereocenters. The van der Waals surface area contributed by atoms with E-state index in [4.69, 9.17) is 5.73 Å². The van der Waals surface area contributed by atoms with Crippen molar-refractivity contribution in [2.24, 2.45) is 5.73 Å². The number of hydrogen-bond donors (Lipinski definition) is 1. The molecule has 0 aliphatic carbocycles. The van der Waals surface area contributed by atoms with Crippen LogP contribution in [-0.2, 0) is 0 Å². The molecule has 84 valence electrons. The molecular weight excluding hydrogens is 184 g/mol. The largest absolute Gasteiger partial charge is 0.372 e. The van der Waals surface area contributed by atoms with Crippen LogP contribution in [0.4, 0.5) is 5.69 Å². The molecule has 0 spiro atoms. The molecule has 2 nitrogen and oxygen atoms in total. The molecule has 0 saturated heterocycles. The summed E-state index contributed by atoms with van der Waals surface area (Å²) in [5.41, 5.74) is 6.80. The van der Waals surface area contributed by atoms with Gasteiger partial charge in [0.25, 0.3) is 0 Å². The highest BCUT2D eigenvalue weighted by Crippen LogP contribution is 2.13. The standard InChI is InChI=1S/C13H22N2/c1-2-15(12-8-4-7-11-14)13-9-5-3-6-10-13/h3,5-6,9-10H,2,4,7-8,11-12,14H2,1H3. The summed E-state index contributed by atoms with van der Waals surface area (Å²) in [6.45, 7) is 5.24. The Morgan fingerprint density at radius 3 is 2.40 bits per heavy atom. The van der Waals surface area contributed by atoms with Crippen LogP contribution in [0.1, 0.15) is 26.2 Å². The lowest BCUT2D eigenvalue weighted by atomic mass is 10.2. The summed E-state index contributed by atoms with van der Waals surface area (Å²) in [5, 5.41) is 0. The normalized spacial score (nSPS) is 10.3. The Labute approximate surface area is 93.1 Å². The minimum absolute atomic E-state index is 0.817. The fourth-order valence-corrected chi connectivity index (χ4v) is 1.73. The van der Waals surface area contributed by atoms with E-state index in [1.54, 1.807) is 0 Å². The van der Waals surface area contributed by atoms with Crippen LogP contribution in [0.15, 0.2) is 30.3 Å². The first-order valence-corrected chi connectivity index (χ1v) is 5.88. The number of hydrogen-bond acceptors (Lipinski definition) is 2. The molecular formula is C13H22N2. The van der Waals surface area contributed by atoms with Gasteiger partial charge >= 0.3 is 0 Å². The Bertz CT molecular complexity index is 246. The predicted molar refractivity (Wildman–Crippen MR) is 67.2 cm³/mol. The Morgan fingerprint density at radius 1 is 1.07 bits per heavy atom. The van der Waals surface area contributed by atoms with E-state index in [2.05, 4.69) is 42.2 Å². The maximum atomic E-state index is 5.48. The monoisotopic (exact) mass is 206 g/mol. The highest BCUT2D eigenvalue weighted by atomic mass is 15.1. The molecule has 2 N–H and O–H groups in total. The molecule has 0 amide bonds. The molecule has 1 aromatic carbocycles. The van der Waals surface area contributed by atoms with Crippen molar-refractivity contribution in [1.82, 2.24) is 0 Å². The molecule has 0 aliphatic heterocycles. The minimum atomic E-state index is 0.817. The molecule has 0 radical (unpaired) electrons. The summed E-state index contributed by atoms with van der Waals surface area (Å²) in [6, 6.07) is 10.6. The maximum absolute atomic E-state index is 5.48. The van der Waals surface area contributed by atoms with Crippen LogP contribution >= 0.6 is 0 Å². The molecule has 0 bridgehead atoms. The van der Waals surface area contributed by atoms with Crippen molar-refractivity contribution in [3.63, 3.8) is 0 Å². The van der Waals surface area contributed by atoms with E-state index in [9.17, 15) is 0 Å². The van der Waals surface area contributed by atoms with E-state index in [-0.39, 0.29) is 0 Å². The van der Waals surface area contributed by atoms with Gasteiger partial charge in [0.05, 0.1) is 0 Å². The van der Waals surface area contributed by atoms with Crippen LogP contribution in [0.3, 0.4) is 0 Å². The summed E-state index contributed by atoms with van der Waals surface area (Å²) in [4.78, 5) is 2.41. The zero-order chi connectivity index (χ0) is 10.9. The summed E-state index contributed by atoms with van der Waals surface area (Å²) in [5.74, 6) is 0. The summed E-state index contributed by atoms with van der Waals surface area (Å²) < 4.78 is 0. The molecule has 15 heavy (non-hydrogen) atoms. The fraction of sp³-hybridized carbons (Fsp3) is 0.538. The smallest absolute Gasteiger partial charge is 0.0366 e. The Balaban J connectivity index is 2.36. The van der Waals surface area contributed by atoms with Gasteiger partial charge < -0.3 is 10.6 Å². The SMILES string of the molecule is CCN(CCCCCN)c1ccccc1. The van der Waals surface area contributed by atoms with Crippen LogP contribution in [0.2, 0.25) is 0 Å². The van der Waals surface area contributed by atoms with E-state index >= 15 is 0 Å². The van der Waals surface area contributed by atoms with Gasteiger partial charge in [0.2, 0.25) is 0 Å². The summed E-state index contributed by atoms with van der Waals surface area (Å²) >= 11 is 0. The second-order valence-corrected chi connectivity index (χ2v) is 3.76. The highest BCUT2D eigenvalue weighted by Gasteiger charge is 2.01. The number of nitrogens with two attached hydrogens (primary N) is 1. The number of para-hydroxylation sites is 1. The Kier molecular flexibility index (Phi) is 5.86. The number of benzene rings is 1. The van der Waals surface area contributed by atoms with E-state index < -0.39 is 0 Å². The third-order valence-corrected chi connectivity index (χ3v) is 2.64. The van der Waals surface area contributed by atoms with Crippen molar-refractivity contribution in [2.45, 2.75) is 26.2 Å². The zero-order valence-electron chi connectivity index (χ0n) is 9.65. The van der Waals surface area contributed by atoms with Gasteiger partial charge in [0.1, 0.15) is 0 Å². The van der Waals surface area contributed by atoms with Crippen molar-refractivity contribution in [2.75, 3.05) is 24.5 Å². The quantitative estimate of drug-likeness (QED) is 0.695. The van der Waals surface area contributed by atoms with E-state index in [1.807, 2.05) is 0 Å². The molecule has 0 saturated carbocycles. The number of anilines is 1. The van der Waals surface area contributed by atoms with Crippen LogP contribution < -0.4 is 10.6 Å². The number of nitrogens with zero attached hydrogens (tertiary/aromatic N) is 1. The molecule has 1 rings (SSSR count). The van der Waals surface area contributed by atoms with E-state index in [0.717, 1.165) is 26.1 Å². The van der Waals surface area contributed by atoms with Crippen molar-refractivity contribution >= 4 is 5.69 Å². The molecule has 0 heterocycles. The molecule has 0 fully saturated rings. The highest BCUT2D eigenvalue weighted by molar-refractivity contribution is 5.45. The van der Waals surface area contributed by atoms with Crippen LogP contribution in [0, 0.1) is 0 Å². The lowest BCUT2D eigenvalue weighted by Crippen LogP contribution is -2.23. The van der Waals surface area contributed by atoms with Gasteiger partial charge in [-0.3, -0.25) is 0 Å². The predicted octanol–water partition coefficient (Wildman–Crippen LogP) is 2.64. The Hall–Kier alpha value is -1.02. The van der Waals surface area contributed by atoms with Gasteiger partial charge in [-0.05, 0) is 38.4 Å². The van der Waals surface area contributed by atoms with Crippen LogP contribution in [-0.4, -0.2) is 19.6 Å². The lowest BCUT2D eigenvalue weighted by molar-refractivity contribution is 0.664. The maximum Gasteiger partial charge on any atom is 0.0366 e. The summed E-state index contributed by atoms with van der Waals surface area (Å²) in [7, 11) is 0. The van der Waals surface area contributed by atoms with Crippen molar-refractivity contribution < 1.29 is 0 Å². The second-order valence-electron chi connectivity index (χ2n) is 3.76. The van der Waals surface area contributed by atoms with Gasteiger partial charge in [-0.15, -0.1) is 0 Å².